The Morgan fingerprint density at radius 2 is 2.29 bits per heavy atom. The predicted octanol–water partition coefficient (Wildman–Crippen LogP) is 1.37. The topological polar surface area (TPSA) is 64.7 Å². The average molecular weight is 206 g/mol. The molecule has 0 amide bonds. The molecule has 2 aromatic rings. The first-order valence-electron chi connectivity index (χ1n) is 4.24. The van der Waals surface area contributed by atoms with Crippen LogP contribution in [0.25, 0.3) is 10.6 Å². The normalized spacial score (nSPS) is 10.4. The van der Waals surface area contributed by atoms with Gasteiger partial charge in [0.1, 0.15) is 10.7 Å². The van der Waals surface area contributed by atoms with Crippen molar-refractivity contribution in [3.05, 3.63) is 29.3 Å². The van der Waals surface area contributed by atoms with Crippen molar-refractivity contribution >= 4 is 11.3 Å². The molecule has 0 aliphatic heterocycles. The van der Waals surface area contributed by atoms with Gasteiger partial charge in [0, 0.05) is 18.9 Å². The minimum absolute atomic E-state index is 0.478. The van der Waals surface area contributed by atoms with Crippen LogP contribution in [-0.2, 0) is 6.54 Å². The van der Waals surface area contributed by atoms with Crippen LogP contribution in [0.3, 0.4) is 0 Å². The molecule has 0 aliphatic rings. The smallest absolute Gasteiger partial charge is 0.107 e. The highest BCUT2D eigenvalue weighted by molar-refractivity contribution is 7.15. The number of rotatable bonds is 2. The minimum Gasteiger partial charge on any atom is -0.325 e. The molecule has 2 heterocycles. The quantitative estimate of drug-likeness (QED) is 0.806. The summed E-state index contributed by atoms with van der Waals surface area (Å²) >= 11 is 1.57. The van der Waals surface area contributed by atoms with Gasteiger partial charge in [-0.25, -0.2) is 4.98 Å². The Morgan fingerprint density at radius 1 is 1.43 bits per heavy atom. The first kappa shape index (κ1) is 9.23. The highest BCUT2D eigenvalue weighted by atomic mass is 32.1. The number of hydrogen-bond donors (Lipinski definition) is 1. The van der Waals surface area contributed by atoms with Crippen molar-refractivity contribution in [3.63, 3.8) is 0 Å². The second-order valence-corrected chi connectivity index (χ2v) is 3.90. The second kappa shape index (κ2) is 3.81. The lowest BCUT2D eigenvalue weighted by molar-refractivity contribution is 1.02. The molecule has 0 atom stereocenters. The van der Waals surface area contributed by atoms with Crippen molar-refractivity contribution in [2.24, 2.45) is 5.73 Å². The first-order chi connectivity index (χ1) is 6.81. The number of nitrogens with two attached hydrogens (primary N) is 1. The Bertz CT molecular complexity index is 424. The number of nitrogens with zero attached hydrogens (tertiary/aromatic N) is 3. The van der Waals surface area contributed by atoms with E-state index in [1.165, 1.54) is 0 Å². The fraction of sp³-hybridized carbons (Fsp3) is 0.222. The Morgan fingerprint density at radius 3 is 2.86 bits per heavy atom. The summed E-state index contributed by atoms with van der Waals surface area (Å²) in [5, 5.41) is 0.933. The van der Waals surface area contributed by atoms with E-state index in [-0.39, 0.29) is 0 Å². The molecule has 0 saturated heterocycles. The Balaban J connectivity index is 2.46. The lowest BCUT2D eigenvalue weighted by atomic mass is 10.3. The molecule has 14 heavy (non-hydrogen) atoms. The van der Waals surface area contributed by atoms with E-state index in [1.54, 1.807) is 29.9 Å². The van der Waals surface area contributed by atoms with E-state index in [0.717, 1.165) is 21.3 Å². The summed E-state index contributed by atoms with van der Waals surface area (Å²) < 4.78 is 0. The van der Waals surface area contributed by atoms with Crippen molar-refractivity contribution in [2.45, 2.75) is 13.5 Å². The van der Waals surface area contributed by atoms with Gasteiger partial charge in [0.05, 0.1) is 16.8 Å². The van der Waals surface area contributed by atoms with Crippen molar-refractivity contribution < 1.29 is 0 Å². The molecule has 5 heteroatoms. The molecule has 0 radical (unpaired) electrons. The molecule has 0 aromatic carbocycles. The van der Waals surface area contributed by atoms with E-state index < -0.39 is 0 Å². The van der Waals surface area contributed by atoms with Crippen molar-refractivity contribution in [3.8, 4) is 10.6 Å². The van der Waals surface area contributed by atoms with Crippen LogP contribution in [0, 0.1) is 6.92 Å². The van der Waals surface area contributed by atoms with Crippen LogP contribution in [-0.4, -0.2) is 15.0 Å². The third-order valence-electron chi connectivity index (χ3n) is 1.81. The van der Waals surface area contributed by atoms with Gasteiger partial charge in [-0.1, -0.05) is 0 Å². The van der Waals surface area contributed by atoms with E-state index in [2.05, 4.69) is 15.0 Å². The molecule has 2 aromatic heterocycles. The van der Waals surface area contributed by atoms with Crippen LogP contribution in [0.5, 0.6) is 0 Å². The van der Waals surface area contributed by atoms with Gasteiger partial charge in [0.2, 0.25) is 0 Å². The molecular weight excluding hydrogens is 196 g/mol. The largest absolute Gasteiger partial charge is 0.325 e. The fourth-order valence-electron chi connectivity index (χ4n) is 1.19. The number of aryl methyl sites for hydroxylation is 1. The monoisotopic (exact) mass is 206 g/mol. The van der Waals surface area contributed by atoms with Gasteiger partial charge >= 0.3 is 0 Å². The number of aromatic nitrogens is 3. The predicted molar refractivity (Wildman–Crippen MR) is 55.8 cm³/mol. The van der Waals surface area contributed by atoms with E-state index in [1.807, 2.05) is 6.92 Å². The summed E-state index contributed by atoms with van der Waals surface area (Å²) in [7, 11) is 0. The Kier molecular flexibility index (Phi) is 2.51. The molecule has 0 saturated carbocycles. The molecule has 0 unspecified atom stereocenters. The van der Waals surface area contributed by atoms with Gasteiger partial charge in [0.15, 0.2) is 0 Å². The molecular formula is C9H10N4S. The summed E-state index contributed by atoms with van der Waals surface area (Å²) in [5.41, 5.74) is 7.35. The van der Waals surface area contributed by atoms with Crippen molar-refractivity contribution in [1.82, 2.24) is 15.0 Å². The van der Waals surface area contributed by atoms with Gasteiger partial charge < -0.3 is 5.73 Å². The number of thiazole rings is 1. The minimum atomic E-state index is 0.478. The van der Waals surface area contributed by atoms with E-state index >= 15 is 0 Å². The second-order valence-electron chi connectivity index (χ2n) is 2.82. The van der Waals surface area contributed by atoms with Crippen LogP contribution in [0.2, 0.25) is 0 Å². The van der Waals surface area contributed by atoms with Gasteiger partial charge in [-0.05, 0) is 6.92 Å². The van der Waals surface area contributed by atoms with Gasteiger partial charge in [-0.3, -0.25) is 9.97 Å². The highest BCUT2D eigenvalue weighted by Crippen LogP contribution is 2.27. The summed E-state index contributed by atoms with van der Waals surface area (Å²) in [6, 6.07) is 0. The Labute approximate surface area is 85.9 Å². The van der Waals surface area contributed by atoms with E-state index in [0.29, 0.717) is 6.54 Å². The molecule has 2 rings (SSSR count). The zero-order valence-corrected chi connectivity index (χ0v) is 8.58. The van der Waals surface area contributed by atoms with E-state index in [4.69, 9.17) is 5.73 Å². The van der Waals surface area contributed by atoms with Crippen LogP contribution in [0.4, 0.5) is 0 Å². The molecule has 0 aliphatic carbocycles. The summed E-state index contributed by atoms with van der Waals surface area (Å²) in [5.74, 6) is 0. The zero-order chi connectivity index (χ0) is 9.97. The SMILES string of the molecule is Cc1nc(CN)sc1-c1cnccn1. The molecule has 0 bridgehead atoms. The third kappa shape index (κ3) is 1.64. The molecule has 2 N–H and O–H groups in total. The summed E-state index contributed by atoms with van der Waals surface area (Å²) in [6.07, 6.45) is 5.07. The average Bonchev–Trinajstić information content (AvgIpc) is 2.61. The fourth-order valence-corrected chi connectivity index (χ4v) is 2.10. The maximum Gasteiger partial charge on any atom is 0.107 e. The molecule has 0 spiro atoms. The molecule has 0 fully saturated rings. The lowest BCUT2D eigenvalue weighted by Crippen LogP contribution is -1.94. The zero-order valence-electron chi connectivity index (χ0n) is 7.77. The standard InChI is InChI=1S/C9H10N4S/c1-6-9(14-8(4-10)13-6)7-5-11-2-3-12-7/h2-3,5H,4,10H2,1H3. The third-order valence-corrected chi connectivity index (χ3v) is 3.01. The van der Waals surface area contributed by atoms with Crippen LogP contribution in [0.15, 0.2) is 18.6 Å². The van der Waals surface area contributed by atoms with Gasteiger partial charge in [0.25, 0.3) is 0 Å². The van der Waals surface area contributed by atoms with Crippen molar-refractivity contribution in [1.29, 1.82) is 0 Å². The maximum absolute atomic E-state index is 5.52. The highest BCUT2D eigenvalue weighted by Gasteiger charge is 2.09. The summed E-state index contributed by atoms with van der Waals surface area (Å²) in [6.45, 7) is 2.44. The Hall–Kier alpha value is -1.33. The summed E-state index contributed by atoms with van der Waals surface area (Å²) in [4.78, 5) is 13.6. The molecule has 4 nitrogen and oxygen atoms in total. The van der Waals surface area contributed by atoms with Gasteiger partial charge in [-0.2, -0.15) is 0 Å². The first-order valence-corrected chi connectivity index (χ1v) is 5.05. The van der Waals surface area contributed by atoms with Crippen LogP contribution < -0.4 is 5.73 Å². The van der Waals surface area contributed by atoms with E-state index in [9.17, 15) is 0 Å². The molecule has 72 valence electrons. The maximum atomic E-state index is 5.52. The lowest BCUT2D eigenvalue weighted by Gasteiger charge is -1.94. The van der Waals surface area contributed by atoms with Crippen LogP contribution >= 0.6 is 11.3 Å². The number of hydrogen-bond acceptors (Lipinski definition) is 5. The van der Waals surface area contributed by atoms with Crippen LogP contribution in [0.1, 0.15) is 10.7 Å². The van der Waals surface area contributed by atoms with Gasteiger partial charge in [-0.15, -0.1) is 11.3 Å². The van der Waals surface area contributed by atoms with Crippen molar-refractivity contribution in [2.75, 3.05) is 0 Å².